The first-order valence-corrected chi connectivity index (χ1v) is 9.23. The molecule has 2 aromatic rings. The van der Waals surface area contributed by atoms with Crippen LogP contribution < -0.4 is 16.2 Å². The van der Waals surface area contributed by atoms with Crippen molar-refractivity contribution in [2.24, 2.45) is 16.6 Å². The molecule has 1 aliphatic carbocycles. The lowest BCUT2D eigenvalue weighted by Gasteiger charge is -2.06. The standard InChI is InChI=1S/C18H18ClF2N5O4/c19-14-15(17(20)21)24-26(16(14)9-1-2-9)7-13(28)30-25-18(23)10-3-5-11(6-4-10)29-8-12(22)27/h3-6,9,17H,1-2,7-8H2,(H2,22,27)(H2,23,25). The van der Waals surface area contributed by atoms with E-state index in [1.807, 2.05) is 0 Å². The van der Waals surface area contributed by atoms with Crippen LogP contribution in [0.25, 0.3) is 0 Å². The molecule has 1 aliphatic rings. The fourth-order valence-electron chi connectivity index (χ4n) is 2.66. The Hall–Kier alpha value is -3.21. The Kier molecular flexibility index (Phi) is 6.50. The van der Waals surface area contributed by atoms with Crippen molar-refractivity contribution in [3.05, 3.63) is 46.2 Å². The van der Waals surface area contributed by atoms with E-state index in [-0.39, 0.29) is 23.4 Å². The quantitative estimate of drug-likeness (QED) is 0.265. The van der Waals surface area contributed by atoms with E-state index in [4.69, 9.17) is 32.6 Å². The van der Waals surface area contributed by atoms with Crippen LogP contribution in [0.5, 0.6) is 5.75 Å². The number of hydrogen-bond acceptors (Lipinski definition) is 6. The second kappa shape index (κ2) is 9.08. The SMILES string of the molecule is NC(=O)COc1ccc(/C(N)=N/OC(=O)Cn2nc(C(F)F)c(Cl)c2C2CC2)cc1. The van der Waals surface area contributed by atoms with Gasteiger partial charge in [-0.2, -0.15) is 5.10 Å². The van der Waals surface area contributed by atoms with Crippen LogP contribution in [0.15, 0.2) is 29.4 Å². The van der Waals surface area contributed by atoms with Gasteiger partial charge in [0, 0.05) is 11.5 Å². The highest BCUT2D eigenvalue weighted by molar-refractivity contribution is 6.32. The molecule has 12 heteroatoms. The number of halogens is 3. The summed E-state index contributed by atoms with van der Waals surface area (Å²) in [5.41, 5.74) is 11.0. The summed E-state index contributed by atoms with van der Waals surface area (Å²) in [5.74, 6) is -1.18. The molecule has 0 unspecified atom stereocenters. The van der Waals surface area contributed by atoms with Gasteiger partial charge in [-0.05, 0) is 37.1 Å². The maximum Gasteiger partial charge on any atom is 0.356 e. The third-order valence-electron chi connectivity index (χ3n) is 4.18. The largest absolute Gasteiger partial charge is 0.484 e. The summed E-state index contributed by atoms with van der Waals surface area (Å²) in [5, 5.41) is 7.18. The van der Waals surface area contributed by atoms with Crippen LogP contribution in [0, 0.1) is 0 Å². The molecule has 160 valence electrons. The van der Waals surface area contributed by atoms with E-state index in [0.717, 1.165) is 17.5 Å². The van der Waals surface area contributed by atoms with Crippen molar-refractivity contribution in [2.45, 2.75) is 31.7 Å². The molecule has 1 amide bonds. The summed E-state index contributed by atoms with van der Waals surface area (Å²) < 4.78 is 32.3. The van der Waals surface area contributed by atoms with E-state index >= 15 is 0 Å². The summed E-state index contributed by atoms with van der Waals surface area (Å²) in [6.07, 6.45) is -1.28. The van der Waals surface area contributed by atoms with Crippen LogP contribution in [-0.4, -0.2) is 34.1 Å². The van der Waals surface area contributed by atoms with Crippen LogP contribution >= 0.6 is 11.6 Å². The number of nitrogens with zero attached hydrogens (tertiary/aromatic N) is 3. The predicted molar refractivity (Wildman–Crippen MR) is 102 cm³/mol. The molecule has 1 aromatic carbocycles. The fourth-order valence-corrected chi connectivity index (χ4v) is 3.03. The van der Waals surface area contributed by atoms with E-state index < -0.39 is 30.5 Å². The van der Waals surface area contributed by atoms with Crippen molar-refractivity contribution < 1.29 is 27.9 Å². The lowest BCUT2D eigenvalue weighted by molar-refractivity contribution is -0.144. The summed E-state index contributed by atoms with van der Waals surface area (Å²) in [6.45, 7) is -0.705. The Morgan fingerprint density at radius 3 is 2.50 bits per heavy atom. The number of aromatic nitrogens is 2. The Labute approximate surface area is 174 Å². The maximum absolute atomic E-state index is 13.1. The van der Waals surface area contributed by atoms with Crippen molar-refractivity contribution in [1.29, 1.82) is 0 Å². The number of carbonyl (C=O) groups excluding carboxylic acids is 2. The molecule has 1 aromatic heterocycles. The maximum atomic E-state index is 13.1. The lowest BCUT2D eigenvalue weighted by Crippen LogP contribution is -2.20. The van der Waals surface area contributed by atoms with Gasteiger partial charge in [-0.25, -0.2) is 13.6 Å². The number of benzene rings is 1. The highest BCUT2D eigenvalue weighted by Crippen LogP contribution is 2.45. The van der Waals surface area contributed by atoms with Crippen LogP contribution in [0.4, 0.5) is 8.78 Å². The van der Waals surface area contributed by atoms with Gasteiger partial charge >= 0.3 is 5.97 Å². The molecule has 0 atom stereocenters. The van der Waals surface area contributed by atoms with E-state index in [9.17, 15) is 18.4 Å². The minimum Gasteiger partial charge on any atom is -0.484 e. The average molecular weight is 442 g/mol. The van der Waals surface area contributed by atoms with Crippen molar-refractivity contribution >= 4 is 29.3 Å². The van der Waals surface area contributed by atoms with E-state index in [0.29, 0.717) is 17.0 Å². The molecule has 1 heterocycles. The van der Waals surface area contributed by atoms with E-state index in [2.05, 4.69) is 10.3 Å². The normalized spacial score (nSPS) is 14.1. The first kappa shape index (κ1) is 21.5. The smallest absolute Gasteiger partial charge is 0.356 e. The third kappa shape index (κ3) is 5.23. The van der Waals surface area contributed by atoms with Gasteiger partial charge in [0.25, 0.3) is 12.3 Å². The number of carbonyl (C=O) groups is 2. The van der Waals surface area contributed by atoms with Gasteiger partial charge in [-0.15, -0.1) is 0 Å². The number of alkyl halides is 2. The lowest BCUT2D eigenvalue weighted by atomic mass is 10.2. The molecule has 30 heavy (non-hydrogen) atoms. The van der Waals surface area contributed by atoms with Crippen molar-refractivity contribution in [3.8, 4) is 5.75 Å². The zero-order chi connectivity index (χ0) is 21.8. The molecule has 4 N–H and O–H groups in total. The minimum atomic E-state index is -2.85. The zero-order valence-corrected chi connectivity index (χ0v) is 16.3. The van der Waals surface area contributed by atoms with Gasteiger partial charge in [-0.1, -0.05) is 16.8 Å². The number of oxime groups is 1. The molecule has 0 saturated heterocycles. The summed E-state index contributed by atoms with van der Waals surface area (Å²) >= 11 is 6.00. The second-order valence-corrected chi connectivity index (χ2v) is 6.91. The molecule has 0 bridgehead atoms. The Balaban J connectivity index is 1.63. The molecule has 0 aliphatic heterocycles. The third-order valence-corrected chi connectivity index (χ3v) is 4.57. The van der Waals surface area contributed by atoms with Gasteiger partial charge in [0.1, 0.15) is 18.0 Å². The fraction of sp³-hybridized carbons (Fsp3) is 0.333. The molecule has 0 radical (unpaired) electrons. The number of amidine groups is 1. The molecule has 1 fully saturated rings. The van der Waals surface area contributed by atoms with Gasteiger partial charge in [0.05, 0.1) is 10.7 Å². The molecule has 1 saturated carbocycles. The van der Waals surface area contributed by atoms with Gasteiger partial charge in [0.2, 0.25) is 0 Å². The van der Waals surface area contributed by atoms with Gasteiger partial charge < -0.3 is 21.0 Å². The van der Waals surface area contributed by atoms with E-state index in [1.54, 1.807) is 0 Å². The first-order chi connectivity index (χ1) is 14.3. The monoisotopic (exact) mass is 441 g/mol. The highest BCUT2D eigenvalue weighted by atomic mass is 35.5. The van der Waals surface area contributed by atoms with Crippen LogP contribution in [0.3, 0.4) is 0 Å². The van der Waals surface area contributed by atoms with Crippen LogP contribution in [0.2, 0.25) is 5.02 Å². The molecular formula is C18H18ClF2N5O4. The van der Waals surface area contributed by atoms with E-state index in [1.165, 1.54) is 24.3 Å². The minimum absolute atomic E-state index is 0.00540. The van der Waals surface area contributed by atoms with Gasteiger partial charge in [0.15, 0.2) is 12.4 Å². The second-order valence-electron chi connectivity index (χ2n) is 6.54. The topological polar surface area (TPSA) is 135 Å². The number of ether oxygens (including phenoxy) is 1. The highest BCUT2D eigenvalue weighted by Gasteiger charge is 2.34. The number of rotatable bonds is 9. The summed E-state index contributed by atoms with van der Waals surface area (Å²) in [4.78, 5) is 27.6. The average Bonchev–Trinajstić information content (AvgIpc) is 3.48. The Morgan fingerprint density at radius 2 is 1.93 bits per heavy atom. The number of nitrogens with two attached hydrogens (primary N) is 2. The van der Waals surface area contributed by atoms with Crippen molar-refractivity contribution in [1.82, 2.24) is 9.78 Å². The Bertz CT molecular complexity index is 974. The van der Waals surface area contributed by atoms with Crippen LogP contribution in [-0.2, 0) is 21.0 Å². The summed E-state index contributed by atoms with van der Waals surface area (Å²) in [7, 11) is 0. The number of hydrogen-bond donors (Lipinski definition) is 2. The summed E-state index contributed by atoms with van der Waals surface area (Å²) in [6, 6.07) is 6.14. The number of primary amides is 1. The Morgan fingerprint density at radius 1 is 1.27 bits per heavy atom. The van der Waals surface area contributed by atoms with Crippen molar-refractivity contribution in [3.63, 3.8) is 0 Å². The van der Waals surface area contributed by atoms with Gasteiger partial charge in [-0.3, -0.25) is 9.48 Å². The molecular weight excluding hydrogens is 424 g/mol. The number of amides is 1. The van der Waals surface area contributed by atoms with Crippen LogP contribution in [0.1, 0.15) is 42.1 Å². The first-order valence-electron chi connectivity index (χ1n) is 8.85. The molecule has 9 nitrogen and oxygen atoms in total. The zero-order valence-electron chi connectivity index (χ0n) is 15.6. The molecule has 0 spiro atoms. The predicted octanol–water partition coefficient (Wildman–Crippen LogP) is 2.08. The van der Waals surface area contributed by atoms with Crippen molar-refractivity contribution in [2.75, 3.05) is 6.61 Å². The molecule has 3 rings (SSSR count).